The Kier molecular flexibility index (Phi) is 5.79. The van der Waals surface area contributed by atoms with E-state index in [9.17, 15) is 8.42 Å². The summed E-state index contributed by atoms with van der Waals surface area (Å²) in [5, 5.41) is 0. The minimum atomic E-state index is -3.07. The van der Waals surface area contributed by atoms with E-state index in [0.29, 0.717) is 19.2 Å². The summed E-state index contributed by atoms with van der Waals surface area (Å²) in [7, 11) is -3.07. The Hall–Kier alpha value is -1.11. The van der Waals surface area contributed by atoms with Crippen molar-refractivity contribution >= 4 is 10.0 Å². The SMILES string of the molecule is CS(=O)(=O)N1CCCN(Cc2ccc(OC3CCCC3)cc2)CC1. The molecular weight excluding hydrogens is 324 g/mol. The summed E-state index contributed by atoms with van der Waals surface area (Å²) in [6.45, 7) is 3.80. The summed E-state index contributed by atoms with van der Waals surface area (Å²) in [6.07, 6.45) is 7.48. The van der Waals surface area contributed by atoms with Crippen molar-refractivity contribution < 1.29 is 13.2 Å². The molecule has 3 rings (SSSR count). The molecule has 0 atom stereocenters. The maximum absolute atomic E-state index is 11.7. The second-order valence-corrected chi connectivity index (χ2v) is 8.94. The summed E-state index contributed by atoms with van der Waals surface area (Å²) in [5.74, 6) is 0.963. The molecule has 0 radical (unpaired) electrons. The molecular formula is C18H28N2O3S. The van der Waals surface area contributed by atoms with Crippen molar-refractivity contribution in [1.29, 1.82) is 0 Å². The van der Waals surface area contributed by atoms with Gasteiger partial charge in [0.05, 0.1) is 12.4 Å². The van der Waals surface area contributed by atoms with Gasteiger partial charge in [-0.25, -0.2) is 12.7 Å². The second-order valence-electron chi connectivity index (χ2n) is 6.96. The zero-order chi connectivity index (χ0) is 17.0. The molecule has 2 aliphatic rings. The monoisotopic (exact) mass is 352 g/mol. The summed E-state index contributed by atoms with van der Waals surface area (Å²) in [6, 6.07) is 8.38. The molecule has 1 saturated carbocycles. The molecule has 1 aromatic carbocycles. The molecule has 5 nitrogen and oxygen atoms in total. The van der Waals surface area contributed by atoms with E-state index in [2.05, 4.69) is 29.2 Å². The number of benzene rings is 1. The maximum Gasteiger partial charge on any atom is 0.211 e. The first-order valence-electron chi connectivity index (χ1n) is 8.94. The number of nitrogens with zero attached hydrogens (tertiary/aromatic N) is 2. The number of sulfonamides is 1. The van der Waals surface area contributed by atoms with Crippen LogP contribution in [0.15, 0.2) is 24.3 Å². The van der Waals surface area contributed by atoms with Crippen LogP contribution in [0, 0.1) is 0 Å². The number of rotatable bonds is 5. The normalized spacial score (nSPS) is 21.7. The van der Waals surface area contributed by atoms with Gasteiger partial charge in [0.25, 0.3) is 0 Å². The Bertz CT molecular complexity index is 624. The third-order valence-electron chi connectivity index (χ3n) is 4.95. The van der Waals surface area contributed by atoms with E-state index in [4.69, 9.17) is 4.74 Å². The lowest BCUT2D eigenvalue weighted by Crippen LogP contribution is -2.34. The van der Waals surface area contributed by atoms with Crippen LogP contribution in [0.2, 0.25) is 0 Å². The highest BCUT2D eigenvalue weighted by Crippen LogP contribution is 2.24. The van der Waals surface area contributed by atoms with E-state index in [1.54, 1.807) is 4.31 Å². The molecule has 0 N–H and O–H groups in total. The molecule has 1 saturated heterocycles. The Balaban J connectivity index is 1.52. The molecule has 0 spiro atoms. The standard InChI is InChI=1S/C18H28N2O3S/c1-24(21,22)20-12-4-11-19(13-14-20)15-16-7-9-18(10-8-16)23-17-5-2-3-6-17/h7-10,17H,2-6,11-15H2,1H3. The van der Waals surface area contributed by atoms with Crippen molar-refractivity contribution in [3.63, 3.8) is 0 Å². The number of hydrogen-bond donors (Lipinski definition) is 0. The fraction of sp³-hybridized carbons (Fsp3) is 0.667. The molecule has 0 bridgehead atoms. The van der Waals surface area contributed by atoms with Crippen molar-refractivity contribution in [2.24, 2.45) is 0 Å². The lowest BCUT2D eigenvalue weighted by Gasteiger charge is -2.21. The quantitative estimate of drug-likeness (QED) is 0.817. The Labute approximate surface area is 145 Å². The molecule has 1 aromatic rings. The second kappa shape index (κ2) is 7.85. The average molecular weight is 353 g/mol. The van der Waals surface area contributed by atoms with Gasteiger partial charge in [-0.15, -0.1) is 0 Å². The van der Waals surface area contributed by atoms with E-state index in [1.807, 2.05) is 0 Å². The van der Waals surface area contributed by atoms with Crippen molar-refractivity contribution in [3.05, 3.63) is 29.8 Å². The van der Waals surface area contributed by atoms with Gasteiger partial charge in [-0.05, 0) is 56.3 Å². The van der Waals surface area contributed by atoms with Gasteiger partial charge in [0.1, 0.15) is 5.75 Å². The van der Waals surface area contributed by atoms with Gasteiger partial charge in [-0.2, -0.15) is 0 Å². The van der Waals surface area contributed by atoms with Gasteiger partial charge in [0.2, 0.25) is 10.0 Å². The van der Waals surface area contributed by atoms with Crippen LogP contribution in [0.4, 0.5) is 0 Å². The van der Waals surface area contributed by atoms with Crippen LogP contribution in [-0.2, 0) is 16.6 Å². The number of ether oxygens (including phenoxy) is 1. The number of hydrogen-bond acceptors (Lipinski definition) is 4. The van der Waals surface area contributed by atoms with Gasteiger partial charge in [0, 0.05) is 26.2 Å². The van der Waals surface area contributed by atoms with Crippen molar-refractivity contribution in [1.82, 2.24) is 9.21 Å². The topological polar surface area (TPSA) is 49.9 Å². The summed E-state index contributed by atoms with van der Waals surface area (Å²) >= 11 is 0. The molecule has 0 unspecified atom stereocenters. The van der Waals surface area contributed by atoms with Gasteiger partial charge in [0.15, 0.2) is 0 Å². The van der Waals surface area contributed by atoms with Crippen LogP contribution in [0.25, 0.3) is 0 Å². The van der Waals surface area contributed by atoms with Crippen LogP contribution in [-0.4, -0.2) is 56.2 Å². The molecule has 1 aliphatic carbocycles. The third-order valence-corrected chi connectivity index (χ3v) is 6.25. The Morgan fingerprint density at radius 3 is 2.38 bits per heavy atom. The molecule has 134 valence electrons. The summed E-state index contributed by atoms with van der Waals surface area (Å²) < 4.78 is 30.9. The van der Waals surface area contributed by atoms with Crippen LogP contribution < -0.4 is 4.74 Å². The highest BCUT2D eigenvalue weighted by Gasteiger charge is 2.21. The first kappa shape index (κ1) is 17.7. The fourth-order valence-corrected chi connectivity index (χ4v) is 4.44. The summed E-state index contributed by atoms with van der Waals surface area (Å²) in [4.78, 5) is 2.33. The first-order valence-corrected chi connectivity index (χ1v) is 10.8. The highest BCUT2D eigenvalue weighted by atomic mass is 32.2. The first-order chi connectivity index (χ1) is 11.5. The minimum Gasteiger partial charge on any atom is -0.490 e. The molecule has 1 heterocycles. The van der Waals surface area contributed by atoms with Crippen molar-refractivity contribution in [2.75, 3.05) is 32.4 Å². The molecule has 1 aliphatic heterocycles. The van der Waals surface area contributed by atoms with Crippen molar-refractivity contribution in [2.45, 2.75) is 44.8 Å². The third kappa shape index (κ3) is 4.94. The van der Waals surface area contributed by atoms with Crippen LogP contribution in [0.1, 0.15) is 37.7 Å². The molecule has 0 amide bonds. The van der Waals surface area contributed by atoms with Crippen molar-refractivity contribution in [3.8, 4) is 5.75 Å². The zero-order valence-electron chi connectivity index (χ0n) is 14.5. The van der Waals surface area contributed by atoms with Crippen LogP contribution in [0.5, 0.6) is 5.75 Å². The van der Waals surface area contributed by atoms with E-state index in [0.717, 1.165) is 31.8 Å². The predicted octanol–water partition coefficient (Wildman–Crippen LogP) is 2.48. The van der Waals surface area contributed by atoms with E-state index >= 15 is 0 Å². The Morgan fingerprint density at radius 2 is 1.71 bits per heavy atom. The van der Waals surface area contributed by atoms with Gasteiger partial charge in [-0.3, -0.25) is 4.90 Å². The lowest BCUT2D eigenvalue weighted by molar-refractivity contribution is 0.210. The van der Waals surface area contributed by atoms with E-state index in [1.165, 1.54) is 37.5 Å². The van der Waals surface area contributed by atoms with Crippen LogP contribution in [0.3, 0.4) is 0 Å². The highest BCUT2D eigenvalue weighted by molar-refractivity contribution is 7.88. The lowest BCUT2D eigenvalue weighted by atomic mass is 10.2. The average Bonchev–Trinajstić information content (AvgIpc) is 2.92. The van der Waals surface area contributed by atoms with E-state index < -0.39 is 10.0 Å². The van der Waals surface area contributed by atoms with Gasteiger partial charge < -0.3 is 4.74 Å². The van der Waals surface area contributed by atoms with Gasteiger partial charge >= 0.3 is 0 Å². The smallest absolute Gasteiger partial charge is 0.211 e. The van der Waals surface area contributed by atoms with Crippen LogP contribution >= 0.6 is 0 Å². The molecule has 2 fully saturated rings. The Morgan fingerprint density at radius 1 is 1.00 bits per heavy atom. The maximum atomic E-state index is 11.7. The fourth-order valence-electron chi connectivity index (χ4n) is 3.57. The molecule has 0 aromatic heterocycles. The zero-order valence-corrected chi connectivity index (χ0v) is 15.3. The molecule has 6 heteroatoms. The van der Waals surface area contributed by atoms with Gasteiger partial charge in [-0.1, -0.05) is 12.1 Å². The van der Waals surface area contributed by atoms with E-state index in [-0.39, 0.29) is 0 Å². The largest absolute Gasteiger partial charge is 0.490 e. The summed E-state index contributed by atoms with van der Waals surface area (Å²) in [5.41, 5.74) is 1.25. The minimum absolute atomic E-state index is 0.392. The molecule has 24 heavy (non-hydrogen) atoms. The predicted molar refractivity (Wildman–Crippen MR) is 95.6 cm³/mol.